The lowest BCUT2D eigenvalue weighted by atomic mass is 9.88. The minimum atomic E-state index is 0.277. The normalized spacial score (nSPS) is 22.7. The van der Waals surface area contributed by atoms with Crippen LogP contribution in [-0.4, -0.2) is 41.6 Å². The van der Waals surface area contributed by atoms with Crippen molar-refractivity contribution in [3.05, 3.63) is 0 Å². The summed E-state index contributed by atoms with van der Waals surface area (Å²) in [7, 11) is 2.27. The van der Waals surface area contributed by atoms with E-state index in [0.29, 0.717) is 6.04 Å². The molecule has 16 heavy (non-hydrogen) atoms. The van der Waals surface area contributed by atoms with Crippen molar-refractivity contribution in [2.24, 2.45) is 11.7 Å². The molecule has 1 heterocycles. The molecule has 1 unspecified atom stereocenters. The largest absolute Gasteiger partial charge is 0.329 e. The SMILES string of the molecule is CC(C)CC(C)N(C)C1(CN)CCSCC1. The number of rotatable bonds is 5. The van der Waals surface area contributed by atoms with Gasteiger partial charge in [-0.15, -0.1) is 0 Å². The molecule has 3 heteroatoms. The quantitative estimate of drug-likeness (QED) is 0.806. The fourth-order valence-electron chi connectivity index (χ4n) is 2.76. The molecule has 1 atom stereocenters. The van der Waals surface area contributed by atoms with Crippen LogP contribution < -0.4 is 5.73 Å². The molecule has 1 aliphatic rings. The molecular weight excluding hydrogens is 216 g/mol. The van der Waals surface area contributed by atoms with Gasteiger partial charge in [0, 0.05) is 18.1 Å². The zero-order valence-electron chi connectivity index (χ0n) is 11.3. The predicted octanol–water partition coefficient (Wildman–Crippen LogP) is 2.58. The Hall–Kier alpha value is 0.270. The van der Waals surface area contributed by atoms with Gasteiger partial charge in [-0.05, 0) is 50.7 Å². The maximum atomic E-state index is 6.06. The minimum absolute atomic E-state index is 0.277. The van der Waals surface area contributed by atoms with E-state index in [4.69, 9.17) is 5.73 Å². The predicted molar refractivity (Wildman–Crippen MR) is 75.0 cm³/mol. The molecule has 0 aromatic carbocycles. The van der Waals surface area contributed by atoms with Crippen LogP contribution in [-0.2, 0) is 0 Å². The molecule has 2 nitrogen and oxygen atoms in total. The Kier molecular flexibility index (Phi) is 5.62. The van der Waals surface area contributed by atoms with Gasteiger partial charge in [-0.2, -0.15) is 11.8 Å². The lowest BCUT2D eigenvalue weighted by Crippen LogP contribution is -2.57. The van der Waals surface area contributed by atoms with E-state index in [0.717, 1.165) is 12.5 Å². The number of thioether (sulfide) groups is 1. The Morgan fingerprint density at radius 3 is 2.25 bits per heavy atom. The Morgan fingerprint density at radius 2 is 1.81 bits per heavy atom. The number of hydrogen-bond acceptors (Lipinski definition) is 3. The third-order valence-electron chi connectivity index (χ3n) is 4.03. The second-order valence-electron chi connectivity index (χ2n) is 5.63. The Balaban J connectivity index is 2.63. The van der Waals surface area contributed by atoms with E-state index in [1.54, 1.807) is 0 Å². The van der Waals surface area contributed by atoms with Gasteiger partial charge in [-0.3, -0.25) is 4.90 Å². The second kappa shape index (κ2) is 6.27. The maximum Gasteiger partial charge on any atom is 0.0347 e. The van der Waals surface area contributed by atoms with Gasteiger partial charge in [0.15, 0.2) is 0 Å². The van der Waals surface area contributed by atoms with Crippen LogP contribution >= 0.6 is 11.8 Å². The summed E-state index contributed by atoms with van der Waals surface area (Å²) in [6.07, 6.45) is 3.78. The van der Waals surface area contributed by atoms with E-state index in [-0.39, 0.29) is 5.54 Å². The molecule has 96 valence electrons. The molecule has 2 N–H and O–H groups in total. The van der Waals surface area contributed by atoms with Gasteiger partial charge in [0.1, 0.15) is 0 Å². The minimum Gasteiger partial charge on any atom is -0.329 e. The van der Waals surface area contributed by atoms with Crippen molar-refractivity contribution in [3.63, 3.8) is 0 Å². The number of nitrogens with zero attached hydrogens (tertiary/aromatic N) is 1. The summed E-state index contributed by atoms with van der Waals surface area (Å²) in [6, 6.07) is 0.645. The van der Waals surface area contributed by atoms with Crippen LogP contribution in [0.25, 0.3) is 0 Å². The van der Waals surface area contributed by atoms with Crippen LogP contribution in [0.15, 0.2) is 0 Å². The monoisotopic (exact) mass is 244 g/mol. The van der Waals surface area contributed by atoms with Crippen molar-refractivity contribution in [2.45, 2.75) is 51.6 Å². The highest BCUT2D eigenvalue weighted by atomic mass is 32.2. The van der Waals surface area contributed by atoms with E-state index in [9.17, 15) is 0 Å². The van der Waals surface area contributed by atoms with E-state index < -0.39 is 0 Å². The first-order valence-corrected chi connectivity index (χ1v) is 7.68. The van der Waals surface area contributed by atoms with Crippen LogP contribution in [0.3, 0.4) is 0 Å². The highest BCUT2D eigenvalue weighted by molar-refractivity contribution is 7.99. The standard InChI is InChI=1S/C13H28N2S/c1-11(2)9-12(3)15(4)13(10-14)5-7-16-8-6-13/h11-12H,5-10,14H2,1-4H3. The van der Waals surface area contributed by atoms with Crippen LogP contribution in [0, 0.1) is 5.92 Å². The second-order valence-corrected chi connectivity index (χ2v) is 6.86. The van der Waals surface area contributed by atoms with Crippen molar-refractivity contribution in [2.75, 3.05) is 25.1 Å². The summed E-state index contributed by atoms with van der Waals surface area (Å²) in [4.78, 5) is 2.56. The van der Waals surface area contributed by atoms with Crippen LogP contribution in [0.1, 0.15) is 40.0 Å². The van der Waals surface area contributed by atoms with Crippen molar-refractivity contribution in [1.82, 2.24) is 4.90 Å². The van der Waals surface area contributed by atoms with E-state index >= 15 is 0 Å². The van der Waals surface area contributed by atoms with Crippen molar-refractivity contribution >= 4 is 11.8 Å². The molecule has 0 spiro atoms. The molecule has 0 amide bonds. The van der Waals surface area contributed by atoms with Gasteiger partial charge >= 0.3 is 0 Å². The zero-order chi connectivity index (χ0) is 12.2. The summed E-state index contributed by atoms with van der Waals surface area (Å²) in [5.41, 5.74) is 6.33. The maximum absolute atomic E-state index is 6.06. The fourth-order valence-corrected chi connectivity index (χ4v) is 4.01. The Labute approximate surface area is 105 Å². The van der Waals surface area contributed by atoms with Crippen LogP contribution in [0.4, 0.5) is 0 Å². The highest BCUT2D eigenvalue weighted by Crippen LogP contribution is 2.33. The molecule has 0 radical (unpaired) electrons. The molecular formula is C13H28N2S. The first-order valence-electron chi connectivity index (χ1n) is 6.52. The van der Waals surface area contributed by atoms with Gasteiger partial charge in [0.25, 0.3) is 0 Å². The third-order valence-corrected chi connectivity index (χ3v) is 5.01. The highest BCUT2D eigenvalue weighted by Gasteiger charge is 2.36. The molecule has 0 aliphatic carbocycles. The van der Waals surface area contributed by atoms with Gasteiger partial charge in [0.05, 0.1) is 0 Å². The summed E-state index contributed by atoms with van der Waals surface area (Å²) < 4.78 is 0. The van der Waals surface area contributed by atoms with Crippen molar-refractivity contribution in [1.29, 1.82) is 0 Å². The molecule has 1 aliphatic heterocycles. The van der Waals surface area contributed by atoms with Crippen molar-refractivity contribution in [3.8, 4) is 0 Å². The van der Waals surface area contributed by atoms with Crippen molar-refractivity contribution < 1.29 is 0 Å². The first-order chi connectivity index (χ1) is 7.52. The first kappa shape index (κ1) is 14.3. The summed E-state index contributed by atoms with van der Waals surface area (Å²) >= 11 is 2.07. The van der Waals surface area contributed by atoms with Gasteiger partial charge < -0.3 is 5.73 Å². The summed E-state index contributed by atoms with van der Waals surface area (Å²) in [6.45, 7) is 7.76. The average Bonchev–Trinajstić information content (AvgIpc) is 2.28. The van der Waals surface area contributed by atoms with Crippen LogP contribution in [0.5, 0.6) is 0 Å². The van der Waals surface area contributed by atoms with Gasteiger partial charge in [-0.25, -0.2) is 0 Å². The topological polar surface area (TPSA) is 29.3 Å². The van der Waals surface area contributed by atoms with Crippen LogP contribution in [0.2, 0.25) is 0 Å². The molecule has 0 aromatic heterocycles. The molecule has 1 rings (SSSR count). The fraction of sp³-hybridized carbons (Fsp3) is 1.00. The molecule has 0 bridgehead atoms. The van der Waals surface area contributed by atoms with Gasteiger partial charge in [-0.1, -0.05) is 13.8 Å². The smallest absolute Gasteiger partial charge is 0.0347 e. The summed E-state index contributed by atoms with van der Waals surface area (Å²) in [5.74, 6) is 3.32. The lowest BCUT2D eigenvalue weighted by molar-refractivity contribution is 0.0665. The Morgan fingerprint density at radius 1 is 1.25 bits per heavy atom. The van der Waals surface area contributed by atoms with E-state index in [1.807, 2.05) is 0 Å². The summed E-state index contributed by atoms with van der Waals surface area (Å²) in [5, 5.41) is 0. The average molecular weight is 244 g/mol. The molecule has 1 fully saturated rings. The number of hydrogen-bond donors (Lipinski definition) is 1. The van der Waals surface area contributed by atoms with Gasteiger partial charge in [0.2, 0.25) is 0 Å². The molecule has 1 saturated heterocycles. The third kappa shape index (κ3) is 3.38. The lowest BCUT2D eigenvalue weighted by Gasteiger charge is -2.47. The van der Waals surface area contributed by atoms with E-state index in [2.05, 4.69) is 44.5 Å². The van der Waals surface area contributed by atoms with E-state index in [1.165, 1.54) is 30.8 Å². The number of nitrogens with two attached hydrogens (primary N) is 1. The Bertz CT molecular complexity index is 200. The zero-order valence-corrected chi connectivity index (χ0v) is 12.1. The molecule has 0 aromatic rings. The molecule has 0 saturated carbocycles. The number of likely N-dealkylation sites (N-methyl/N-ethyl adjacent to an activating group) is 1.